The Morgan fingerprint density at radius 2 is 2.15 bits per heavy atom. The molecular weight excluding hydrogens is 192 g/mol. The first-order valence-electron chi connectivity index (χ1n) is 3.86. The number of aryl methyl sites for hydroxylation is 1. The summed E-state index contributed by atoms with van der Waals surface area (Å²) in [4.78, 5) is 0.840. The van der Waals surface area contributed by atoms with Gasteiger partial charge in [0.1, 0.15) is 0 Å². The molecule has 1 aromatic carbocycles. The van der Waals surface area contributed by atoms with Crippen molar-refractivity contribution < 1.29 is 8.78 Å². The Morgan fingerprint density at radius 1 is 1.46 bits per heavy atom. The summed E-state index contributed by atoms with van der Waals surface area (Å²) in [7, 11) is 0. The highest BCUT2D eigenvalue weighted by molar-refractivity contribution is 7.99. The molecule has 0 amide bonds. The minimum absolute atomic E-state index is 0.163. The fraction of sp³-hybridized carbons (Fsp3) is 0.333. The highest BCUT2D eigenvalue weighted by Gasteiger charge is 2.04. The van der Waals surface area contributed by atoms with Crippen LogP contribution in [-0.2, 0) is 0 Å². The Labute approximate surface area is 80.3 Å². The molecule has 1 rings (SSSR count). The summed E-state index contributed by atoms with van der Waals surface area (Å²) < 4.78 is 23.7. The number of alkyl halides is 2. The van der Waals surface area contributed by atoms with Crippen molar-refractivity contribution >= 4 is 17.4 Å². The van der Waals surface area contributed by atoms with Gasteiger partial charge in [-0.2, -0.15) is 0 Å². The zero-order valence-corrected chi connectivity index (χ0v) is 8.07. The van der Waals surface area contributed by atoms with Crippen LogP contribution >= 0.6 is 11.8 Å². The molecule has 0 spiro atoms. The molecule has 0 saturated heterocycles. The van der Waals surface area contributed by atoms with Crippen molar-refractivity contribution in [3.05, 3.63) is 23.8 Å². The Kier molecular flexibility index (Phi) is 3.54. The number of hydrogen-bond acceptors (Lipinski definition) is 2. The van der Waals surface area contributed by atoms with Gasteiger partial charge in [-0.3, -0.25) is 0 Å². The number of anilines is 1. The van der Waals surface area contributed by atoms with Crippen LogP contribution in [0.1, 0.15) is 5.56 Å². The van der Waals surface area contributed by atoms with Crippen molar-refractivity contribution in [1.82, 2.24) is 0 Å². The lowest BCUT2D eigenvalue weighted by Gasteiger charge is -2.04. The molecule has 0 aromatic heterocycles. The van der Waals surface area contributed by atoms with Crippen molar-refractivity contribution in [3.63, 3.8) is 0 Å². The quantitative estimate of drug-likeness (QED) is 0.603. The third kappa shape index (κ3) is 3.22. The Bertz CT molecular complexity index is 289. The van der Waals surface area contributed by atoms with Crippen LogP contribution in [0.25, 0.3) is 0 Å². The number of benzene rings is 1. The van der Waals surface area contributed by atoms with E-state index in [4.69, 9.17) is 5.73 Å². The maximum Gasteiger partial charge on any atom is 0.247 e. The van der Waals surface area contributed by atoms with Crippen LogP contribution in [-0.4, -0.2) is 12.2 Å². The highest BCUT2D eigenvalue weighted by atomic mass is 32.2. The normalized spacial score (nSPS) is 10.8. The molecule has 0 fully saturated rings. The van der Waals surface area contributed by atoms with Gasteiger partial charge in [0.15, 0.2) is 0 Å². The van der Waals surface area contributed by atoms with Gasteiger partial charge < -0.3 is 5.73 Å². The molecule has 0 atom stereocenters. The minimum atomic E-state index is -2.26. The summed E-state index contributed by atoms with van der Waals surface area (Å²) in [5, 5.41) is 0. The Balaban J connectivity index is 2.63. The number of nitrogen functional groups attached to an aromatic ring is 1. The van der Waals surface area contributed by atoms with E-state index in [2.05, 4.69) is 0 Å². The Morgan fingerprint density at radius 3 is 2.69 bits per heavy atom. The average molecular weight is 203 g/mol. The van der Waals surface area contributed by atoms with Crippen molar-refractivity contribution in [1.29, 1.82) is 0 Å². The van der Waals surface area contributed by atoms with Gasteiger partial charge in [-0.05, 0) is 30.7 Å². The number of thioether (sulfide) groups is 1. The number of hydrogen-bond donors (Lipinski definition) is 1. The number of nitrogens with two attached hydrogens (primary N) is 1. The fourth-order valence-corrected chi connectivity index (χ4v) is 1.64. The first kappa shape index (κ1) is 10.3. The highest BCUT2D eigenvalue weighted by Crippen LogP contribution is 2.23. The zero-order valence-electron chi connectivity index (χ0n) is 7.26. The van der Waals surface area contributed by atoms with Crippen LogP contribution < -0.4 is 5.73 Å². The topological polar surface area (TPSA) is 26.0 Å². The maximum atomic E-state index is 11.9. The molecule has 0 aliphatic heterocycles. The van der Waals surface area contributed by atoms with E-state index >= 15 is 0 Å². The third-order valence-corrected chi connectivity index (χ3v) is 2.62. The molecule has 0 radical (unpaired) electrons. The minimum Gasteiger partial charge on any atom is -0.399 e. The van der Waals surface area contributed by atoms with Gasteiger partial charge in [0.05, 0.1) is 5.75 Å². The monoisotopic (exact) mass is 203 g/mol. The second-order valence-corrected chi connectivity index (χ2v) is 3.81. The van der Waals surface area contributed by atoms with Crippen molar-refractivity contribution in [2.45, 2.75) is 18.2 Å². The average Bonchev–Trinajstić information content (AvgIpc) is 2.07. The van der Waals surface area contributed by atoms with Crippen molar-refractivity contribution in [2.75, 3.05) is 11.5 Å². The lowest BCUT2D eigenvalue weighted by atomic mass is 10.2. The summed E-state index contributed by atoms with van der Waals surface area (Å²) >= 11 is 1.15. The van der Waals surface area contributed by atoms with E-state index in [1.54, 1.807) is 12.1 Å². The first-order chi connectivity index (χ1) is 6.09. The summed E-state index contributed by atoms with van der Waals surface area (Å²) in [5.74, 6) is -0.163. The van der Waals surface area contributed by atoms with Gasteiger partial charge in [0, 0.05) is 10.6 Å². The molecule has 0 unspecified atom stereocenters. The van der Waals surface area contributed by atoms with Crippen molar-refractivity contribution in [3.8, 4) is 0 Å². The van der Waals surface area contributed by atoms with E-state index in [0.29, 0.717) is 5.69 Å². The van der Waals surface area contributed by atoms with E-state index in [0.717, 1.165) is 22.2 Å². The molecule has 4 heteroatoms. The molecule has 0 heterocycles. The predicted molar refractivity (Wildman–Crippen MR) is 52.3 cm³/mol. The van der Waals surface area contributed by atoms with Gasteiger partial charge in [0.25, 0.3) is 0 Å². The maximum absolute atomic E-state index is 11.9. The van der Waals surface area contributed by atoms with Crippen LogP contribution in [0.4, 0.5) is 14.5 Å². The SMILES string of the molecule is Cc1cc(SCC(F)F)ccc1N. The predicted octanol–water partition coefficient (Wildman–Crippen LogP) is 2.93. The summed E-state index contributed by atoms with van der Waals surface area (Å²) in [5.41, 5.74) is 7.21. The molecule has 1 aromatic rings. The Hall–Kier alpha value is -0.770. The van der Waals surface area contributed by atoms with Gasteiger partial charge in [-0.15, -0.1) is 11.8 Å². The molecule has 0 saturated carbocycles. The lowest BCUT2D eigenvalue weighted by molar-refractivity contribution is 0.177. The third-order valence-electron chi connectivity index (χ3n) is 1.62. The van der Waals surface area contributed by atoms with E-state index in [1.165, 1.54) is 0 Å². The molecule has 72 valence electrons. The second kappa shape index (κ2) is 4.46. The van der Waals surface area contributed by atoms with E-state index in [1.807, 2.05) is 13.0 Å². The van der Waals surface area contributed by atoms with Gasteiger partial charge in [-0.1, -0.05) is 0 Å². The fourth-order valence-electron chi connectivity index (χ4n) is 0.897. The number of rotatable bonds is 3. The van der Waals surface area contributed by atoms with E-state index in [-0.39, 0.29) is 5.75 Å². The standard InChI is InChI=1S/C9H11F2NS/c1-6-4-7(2-3-8(6)12)13-5-9(10)11/h2-4,9H,5,12H2,1H3. The van der Waals surface area contributed by atoms with Crippen molar-refractivity contribution in [2.24, 2.45) is 0 Å². The smallest absolute Gasteiger partial charge is 0.247 e. The molecule has 13 heavy (non-hydrogen) atoms. The van der Waals surface area contributed by atoms with Crippen LogP contribution in [0.2, 0.25) is 0 Å². The van der Waals surface area contributed by atoms with Gasteiger partial charge in [0.2, 0.25) is 6.43 Å². The van der Waals surface area contributed by atoms with E-state index < -0.39 is 6.43 Å². The van der Waals surface area contributed by atoms with Crippen LogP contribution in [0.3, 0.4) is 0 Å². The zero-order chi connectivity index (χ0) is 9.84. The van der Waals surface area contributed by atoms with Crippen LogP contribution in [0, 0.1) is 6.92 Å². The summed E-state index contributed by atoms with van der Waals surface area (Å²) in [6.45, 7) is 1.86. The second-order valence-electron chi connectivity index (χ2n) is 2.72. The van der Waals surface area contributed by atoms with Gasteiger partial charge in [-0.25, -0.2) is 8.78 Å². The van der Waals surface area contributed by atoms with Crippen LogP contribution in [0.15, 0.2) is 23.1 Å². The molecule has 0 aliphatic carbocycles. The van der Waals surface area contributed by atoms with E-state index in [9.17, 15) is 8.78 Å². The largest absolute Gasteiger partial charge is 0.399 e. The molecule has 0 aliphatic rings. The molecule has 2 N–H and O–H groups in total. The molecular formula is C9H11F2NS. The summed E-state index contributed by atoms with van der Waals surface area (Å²) in [6, 6.07) is 5.32. The summed E-state index contributed by atoms with van der Waals surface area (Å²) in [6.07, 6.45) is -2.26. The molecule has 1 nitrogen and oxygen atoms in total. The van der Waals surface area contributed by atoms with Gasteiger partial charge >= 0.3 is 0 Å². The number of halogens is 2. The first-order valence-corrected chi connectivity index (χ1v) is 4.85. The van der Waals surface area contributed by atoms with Crippen LogP contribution in [0.5, 0.6) is 0 Å². The lowest BCUT2D eigenvalue weighted by Crippen LogP contribution is -1.94. The molecule has 0 bridgehead atoms.